The molecule has 2 saturated heterocycles. The van der Waals surface area contributed by atoms with E-state index in [1.54, 1.807) is 0 Å². The van der Waals surface area contributed by atoms with E-state index in [-0.39, 0.29) is 75.3 Å². The van der Waals surface area contributed by atoms with Crippen molar-refractivity contribution in [3.8, 4) is 39.7 Å². The first-order valence-corrected chi connectivity index (χ1v) is 25.0. The largest absolute Gasteiger partial charge is 0.325 e. The van der Waals surface area contributed by atoms with Crippen molar-refractivity contribution in [1.82, 2.24) is 21.3 Å². The molecule has 63 heavy (non-hydrogen) atoms. The van der Waals surface area contributed by atoms with Crippen molar-refractivity contribution in [3.05, 3.63) is 128 Å². The van der Waals surface area contributed by atoms with Crippen LogP contribution < -0.4 is 32.0 Å². The molecule has 3 aliphatic heterocycles. The van der Waals surface area contributed by atoms with E-state index in [4.69, 9.17) is 4.99 Å². The molecule has 2 aliphatic carbocycles. The summed E-state index contributed by atoms with van der Waals surface area (Å²) in [5, 5.41) is 20.6. The quantitative estimate of drug-likeness (QED) is 0.125. The molecule has 15 heteroatoms. The first-order valence-electron chi connectivity index (χ1n) is 20.1. The molecule has 4 atom stereocenters. The van der Waals surface area contributed by atoms with Crippen LogP contribution in [0.1, 0.15) is 29.2 Å². The fourth-order valence-electron chi connectivity index (χ4n) is 9.46. The maximum atomic E-state index is 4.77. The van der Waals surface area contributed by atoms with E-state index < -0.39 is 0 Å². The molecule has 13 rings (SSSR count). The molecular formula is C48H35N6S6W3-3. The summed E-state index contributed by atoms with van der Waals surface area (Å²) < 4.78 is 4.11. The minimum absolute atomic E-state index is 0. The summed E-state index contributed by atoms with van der Waals surface area (Å²) in [6, 6.07) is 27.9. The second-order valence-electron chi connectivity index (χ2n) is 16.0. The van der Waals surface area contributed by atoms with Crippen molar-refractivity contribution in [3.63, 3.8) is 0 Å². The number of aryl methyl sites for hydroxylation is 1. The third kappa shape index (κ3) is 7.29. The van der Waals surface area contributed by atoms with Gasteiger partial charge >= 0.3 is 0 Å². The Morgan fingerprint density at radius 3 is 1.40 bits per heavy atom. The van der Waals surface area contributed by atoms with E-state index in [2.05, 4.69) is 138 Å². The summed E-state index contributed by atoms with van der Waals surface area (Å²) in [7, 11) is 0. The molecule has 9 heterocycles. The van der Waals surface area contributed by atoms with Gasteiger partial charge in [-0.3, -0.25) is 15.6 Å². The van der Waals surface area contributed by atoms with Crippen LogP contribution in [0.3, 0.4) is 0 Å². The van der Waals surface area contributed by atoms with Gasteiger partial charge in [0.15, 0.2) is 0 Å². The first-order chi connectivity index (χ1) is 29.4. The van der Waals surface area contributed by atoms with Crippen molar-refractivity contribution in [1.29, 1.82) is 0 Å². The van der Waals surface area contributed by atoms with Crippen molar-refractivity contribution in [2.45, 2.75) is 44.9 Å². The van der Waals surface area contributed by atoms with Gasteiger partial charge in [-0.15, -0.1) is 62.1 Å². The average Bonchev–Trinajstić information content (AvgIpc) is 4.11. The second-order valence-corrected chi connectivity index (χ2v) is 22.4. The molecule has 4 N–H and O–H groups in total. The van der Waals surface area contributed by atoms with Crippen LogP contribution in [0.4, 0.5) is 0 Å². The van der Waals surface area contributed by atoms with Crippen molar-refractivity contribution >= 4 is 109 Å². The molecule has 0 radical (unpaired) electrons. The zero-order valence-corrected chi connectivity index (χ0v) is 47.6. The predicted octanol–water partition coefficient (Wildman–Crippen LogP) is 10.6. The molecule has 2 aromatic carbocycles. The third-order valence-corrected chi connectivity index (χ3v) is 20.0. The Hall–Kier alpha value is -2.12. The number of hydrogen-bond donors (Lipinski definition) is 4. The molecule has 6 nitrogen and oxygen atoms in total. The van der Waals surface area contributed by atoms with Gasteiger partial charge in [0, 0.05) is 148 Å². The van der Waals surface area contributed by atoms with Gasteiger partial charge < -0.3 is 15.6 Å². The molecule has 2 fully saturated rings. The number of rotatable bonds is 6. The zero-order chi connectivity index (χ0) is 39.8. The predicted molar refractivity (Wildman–Crippen MR) is 257 cm³/mol. The molecule has 0 spiro atoms. The second kappa shape index (κ2) is 17.5. The number of nitrogens with zero attached hydrogens (tertiary/aromatic N) is 2. The van der Waals surface area contributed by atoms with Gasteiger partial charge in [0.1, 0.15) is 6.67 Å². The summed E-state index contributed by atoms with van der Waals surface area (Å²) in [5.74, 6) is 0. The van der Waals surface area contributed by atoms with Gasteiger partial charge in [-0.05, 0) is 73.8 Å². The smallest absolute Gasteiger partial charge is 0.115 e. The molecule has 5 aliphatic rings. The van der Waals surface area contributed by atoms with Gasteiger partial charge in [0.2, 0.25) is 0 Å². The van der Waals surface area contributed by atoms with E-state index in [9.17, 15) is 0 Å². The fourth-order valence-corrected chi connectivity index (χ4v) is 16.6. The maximum Gasteiger partial charge on any atom is 0.115 e. The Morgan fingerprint density at radius 2 is 0.905 bits per heavy atom. The van der Waals surface area contributed by atoms with E-state index >= 15 is 0 Å². The number of benzene rings is 2. The number of fused-ring (bicyclic) bond motifs is 9. The number of allylic oxidation sites excluding steroid dienone is 4. The summed E-state index contributed by atoms with van der Waals surface area (Å²) in [6.07, 6.45) is 11.5. The molecule has 0 saturated carbocycles. The minimum atomic E-state index is 0. The molecule has 6 aromatic heterocycles. The molecule has 0 bridgehead atoms. The molecule has 314 valence electrons. The van der Waals surface area contributed by atoms with Crippen molar-refractivity contribution in [2.75, 3.05) is 20.0 Å². The Balaban J connectivity index is 0.00000157. The average molecular weight is 1440 g/mol. The van der Waals surface area contributed by atoms with Gasteiger partial charge in [0.25, 0.3) is 0 Å². The van der Waals surface area contributed by atoms with Crippen molar-refractivity contribution in [2.24, 2.45) is 9.98 Å². The molecule has 4 unspecified atom stereocenters. The van der Waals surface area contributed by atoms with Crippen LogP contribution in [0.2, 0.25) is 0 Å². The SMILES string of the molecule is CC1=[C-]C=C(c2ccc(-c3cc4c(s3)c3cc(-c5ccc(C6=C[C-]=C(C)C7NCNC67)s5)sc3c3cc(-c5ccc(-c6c[c-]c(C)c7c6=NCN=7)s5)sc43)s2)C2NCNC12.[W].[W].[W]. The van der Waals surface area contributed by atoms with E-state index in [0.29, 0.717) is 18.8 Å². The van der Waals surface area contributed by atoms with E-state index in [1.807, 2.05) is 68.0 Å². The summed E-state index contributed by atoms with van der Waals surface area (Å²) in [4.78, 5) is 21.1. The third-order valence-electron chi connectivity index (χ3n) is 12.5. The van der Waals surface area contributed by atoms with Crippen LogP contribution in [0.25, 0.3) is 81.1 Å². The fraction of sp³-hybridized carbons (Fsp3) is 0.208. The molecular weight excluding hydrogens is 1400 g/mol. The van der Waals surface area contributed by atoms with Crippen LogP contribution >= 0.6 is 68.0 Å². The topological polar surface area (TPSA) is 72.8 Å². The Kier molecular flexibility index (Phi) is 12.4. The number of thiophene rings is 6. The van der Waals surface area contributed by atoms with Crippen LogP contribution in [0, 0.1) is 25.1 Å². The first kappa shape index (κ1) is 44.7. The van der Waals surface area contributed by atoms with Gasteiger partial charge in [0.05, 0.1) is 0 Å². The monoisotopic (exact) mass is 1440 g/mol. The zero-order valence-electron chi connectivity index (χ0n) is 33.9. The molecule has 0 amide bonds. The van der Waals surface area contributed by atoms with Crippen LogP contribution in [-0.4, -0.2) is 44.2 Å². The summed E-state index contributed by atoms with van der Waals surface area (Å²) in [6.45, 7) is 8.56. The Bertz CT molecular complexity index is 3250. The van der Waals surface area contributed by atoms with Crippen LogP contribution in [-0.2, 0) is 63.2 Å². The van der Waals surface area contributed by atoms with Crippen molar-refractivity contribution < 1.29 is 63.2 Å². The minimum Gasteiger partial charge on any atom is -0.325 e. The number of hydrogen-bond acceptors (Lipinski definition) is 12. The van der Waals surface area contributed by atoms with Crippen LogP contribution in [0.15, 0.2) is 93.9 Å². The summed E-state index contributed by atoms with van der Waals surface area (Å²) >= 11 is 11.5. The summed E-state index contributed by atoms with van der Waals surface area (Å²) in [5.41, 5.74) is 7.38. The Morgan fingerprint density at radius 1 is 0.492 bits per heavy atom. The normalized spacial score (nSPS) is 21.1. The molecule has 8 aromatic rings. The maximum absolute atomic E-state index is 4.77. The van der Waals surface area contributed by atoms with E-state index in [1.165, 1.54) is 96.4 Å². The Labute approximate surface area is 431 Å². The number of nitrogens with one attached hydrogen (secondary N) is 4. The van der Waals surface area contributed by atoms with Gasteiger partial charge in [-0.1, -0.05) is 44.5 Å². The van der Waals surface area contributed by atoms with E-state index in [0.717, 1.165) is 35.2 Å². The van der Waals surface area contributed by atoms with Gasteiger partial charge in [-0.2, -0.15) is 46.0 Å². The van der Waals surface area contributed by atoms with Crippen LogP contribution in [0.5, 0.6) is 0 Å². The van der Waals surface area contributed by atoms with Gasteiger partial charge in [-0.25, -0.2) is 24.3 Å². The standard InChI is InChI=1S/C48H35N6S6.3W/c1-22-4-7-25(43-40(22)49-19-52-43)31-10-13-34(55-31)37-16-28-46(58-37)29-17-38(35-14-11-32(56-35)26-8-5-23(2)41-44(26)53-20-50-41)60-48(29)30-18-39(59-47(28)30)36-15-12-33(57-36)27-9-6-24(3)42-45(27)54-21-51-42;;;/h7-18,40-41,43-44,49-50,52-53H,19-21H2,1-3H3;;;/q-3;;;.